The Labute approximate surface area is 148 Å². The predicted molar refractivity (Wildman–Crippen MR) is 95.2 cm³/mol. The molecule has 4 aromatic rings. The van der Waals surface area contributed by atoms with E-state index in [2.05, 4.69) is 19.9 Å². The molecule has 1 saturated heterocycles. The average Bonchev–Trinajstić information content (AvgIpc) is 3.37. The predicted octanol–water partition coefficient (Wildman–Crippen LogP) is 3.56. The van der Waals surface area contributed by atoms with Gasteiger partial charge in [-0.2, -0.15) is 0 Å². The number of hydrogen-bond donors (Lipinski definition) is 2. The lowest BCUT2D eigenvalue weighted by molar-refractivity contribution is 0.0730. The monoisotopic (exact) mass is 349 g/mol. The Morgan fingerprint density at radius 2 is 2.04 bits per heavy atom. The highest BCUT2D eigenvalue weighted by molar-refractivity contribution is 5.97. The zero-order chi connectivity index (χ0) is 17.7. The van der Waals surface area contributed by atoms with Crippen LogP contribution >= 0.6 is 0 Å². The molecule has 2 N–H and O–H groups in total. The van der Waals surface area contributed by atoms with Crippen LogP contribution in [0.1, 0.15) is 35.1 Å². The summed E-state index contributed by atoms with van der Waals surface area (Å²) in [6.07, 6.45) is 3.36. The molecule has 1 atom stereocenters. The summed E-state index contributed by atoms with van der Waals surface area (Å²) in [5.41, 5.74) is 3.65. The Hall–Kier alpha value is -3.22. The zero-order valence-corrected chi connectivity index (χ0v) is 13.9. The van der Waals surface area contributed by atoms with Crippen molar-refractivity contribution in [3.8, 4) is 0 Å². The summed E-state index contributed by atoms with van der Waals surface area (Å²) in [5.74, 6) is 0.370. The highest BCUT2D eigenvalue weighted by Crippen LogP contribution is 2.33. The van der Waals surface area contributed by atoms with Crippen LogP contribution in [-0.2, 0) is 0 Å². The first kappa shape index (κ1) is 15.1. The molecule has 1 unspecified atom stereocenters. The Balaban J connectivity index is 1.49. The molecule has 2 aromatic heterocycles. The first-order chi connectivity index (χ1) is 12.7. The number of halogens is 1. The number of carbonyl (C=O) groups excluding carboxylic acids is 1. The molecule has 1 aliphatic heterocycles. The standard InChI is InChI=1S/C19H16FN5O/c20-12-4-6-14-16(9-12)24-18(23-14)17-2-1-7-25(17)19(26)11-3-5-13-15(8-11)22-10-21-13/h3-6,8-10,17H,1-2,7H2,(H,21,22)(H,23,24). The van der Waals surface area contributed by atoms with Gasteiger partial charge in [0.05, 0.1) is 34.4 Å². The van der Waals surface area contributed by atoms with Crippen molar-refractivity contribution in [2.45, 2.75) is 18.9 Å². The van der Waals surface area contributed by atoms with E-state index < -0.39 is 0 Å². The molecule has 7 heteroatoms. The molecule has 1 aliphatic rings. The molecule has 0 spiro atoms. The van der Waals surface area contributed by atoms with Crippen LogP contribution in [-0.4, -0.2) is 37.3 Å². The van der Waals surface area contributed by atoms with Crippen molar-refractivity contribution in [1.82, 2.24) is 24.8 Å². The minimum atomic E-state index is -0.306. The van der Waals surface area contributed by atoms with Crippen LogP contribution < -0.4 is 0 Å². The first-order valence-corrected chi connectivity index (χ1v) is 8.58. The first-order valence-electron chi connectivity index (χ1n) is 8.58. The smallest absolute Gasteiger partial charge is 0.254 e. The molecule has 6 nitrogen and oxygen atoms in total. The molecule has 0 radical (unpaired) electrons. The van der Waals surface area contributed by atoms with Gasteiger partial charge in [0.2, 0.25) is 0 Å². The van der Waals surface area contributed by atoms with E-state index in [0.717, 1.165) is 23.9 Å². The van der Waals surface area contributed by atoms with Crippen molar-refractivity contribution in [1.29, 1.82) is 0 Å². The number of benzene rings is 2. The van der Waals surface area contributed by atoms with Crippen LogP contribution in [0, 0.1) is 5.82 Å². The topological polar surface area (TPSA) is 77.7 Å². The molecular formula is C19H16FN5O. The number of amides is 1. The number of likely N-dealkylation sites (tertiary alicyclic amines) is 1. The number of nitrogens with zero attached hydrogens (tertiary/aromatic N) is 3. The molecule has 26 heavy (non-hydrogen) atoms. The van der Waals surface area contributed by atoms with Crippen LogP contribution in [0.3, 0.4) is 0 Å². The minimum Gasteiger partial charge on any atom is -0.345 e. The van der Waals surface area contributed by atoms with Gasteiger partial charge in [-0.15, -0.1) is 0 Å². The third kappa shape index (κ3) is 2.35. The Morgan fingerprint density at radius 1 is 1.15 bits per heavy atom. The maximum Gasteiger partial charge on any atom is 0.254 e. The average molecular weight is 349 g/mol. The summed E-state index contributed by atoms with van der Waals surface area (Å²) in [5, 5.41) is 0. The number of hydrogen-bond acceptors (Lipinski definition) is 3. The van der Waals surface area contributed by atoms with Crippen LogP contribution in [0.4, 0.5) is 4.39 Å². The van der Waals surface area contributed by atoms with Crippen molar-refractivity contribution < 1.29 is 9.18 Å². The second-order valence-electron chi connectivity index (χ2n) is 6.57. The number of H-pyrrole nitrogens is 2. The van der Waals surface area contributed by atoms with Gasteiger partial charge in [-0.25, -0.2) is 14.4 Å². The van der Waals surface area contributed by atoms with Gasteiger partial charge < -0.3 is 14.9 Å². The van der Waals surface area contributed by atoms with E-state index in [9.17, 15) is 9.18 Å². The Morgan fingerprint density at radius 3 is 2.96 bits per heavy atom. The third-order valence-electron chi connectivity index (χ3n) is 4.96. The molecule has 130 valence electrons. The molecule has 5 rings (SSSR count). The fourth-order valence-electron chi connectivity index (χ4n) is 3.69. The second-order valence-corrected chi connectivity index (χ2v) is 6.57. The Bertz CT molecular complexity index is 1130. The van der Waals surface area contributed by atoms with E-state index in [4.69, 9.17) is 0 Å². The summed E-state index contributed by atoms with van der Waals surface area (Å²) < 4.78 is 13.4. The van der Waals surface area contributed by atoms with E-state index in [1.165, 1.54) is 12.1 Å². The van der Waals surface area contributed by atoms with Crippen molar-refractivity contribution in [2.75, 3.05) is 6.54 Å². The van der Waals surface area contributed by atoms with Crippen LogP contribution in [0.25, 0.3) is 22.1 Å². The van der Waals surface area contributed by atoms with Gasteiger partial charge >= 0.3 is 0 Å². The van der Waals surface area contributed by atoms with E-state index >= 15 is 0 Å². The number of rotatable bonds is 2. The third-order valence-corrected chi connectivity index (χ3v) is 4.96. The van der Waals surface area contributed by atoms with Crippen molar-refractivity contribution in [3.63, 3.8) is 0 Å². The van der Waals surface area contributed by atoms with Crippen molar-refractivity contribution in [3.05, 3.63) is 59.9 Å². The molecule has 1 amide bonds. The van der Waals surface area contributed by atoms with Crippen LogP contribution in [0.5, 0.6) is 0 Å². The second kappa shape index (κ2) is 5.66. The zero-order valence-electron chi connectivity index (χ0n) is 13.9. The minimum absolute atomic E-state index is 0.0318. The molecule has 0 aliphatic carbocycles. The van der Waals surface area contributed by atoms with Gasteiger partial charge in [0, 0.05) is 12.1 Å². The van der Waals surface area contributed by atoms with Gasteiger partial charge in [0.1, 0.15) is 11.6 Å². The number of imidazole rings is 2. The van der Waals surface area contributed by atoms with Crippen molar-refractivity contribution in [2.24, 2.45) is 0 Å². The van der Waals surface area contributed by atoms with E-state index in [1.807, 2.05) is 17.0 Å². The molecule has 2 aromatic carbocycles. The fraction of sp³-hybridized carbons (Fsp3) is 0.211. The largest absolute Gasteiger partial charge is 0.345 e. The number of nitrogens with one attached hydrogen (secondary N) is 2. The lowest BCUT2D eigenvalue weighted by Crippen LogP contribution is -2.31. The summed E-state index contributed by atoms with van der Waals surface area (Å²) in [6.45, 7) is 0.677. The van der Waals surface area contributed by atoms with Gasteiger partial charge in [-0.1, -0.05) is 0 Å². The maximum absolute atomic E-state index is 13.4. The van der Waals surface area contributed by atoms with Gasteiger partial charge in [-0.05, 0) is 49.2 Å². The van der Waals surface area contributed by atoms with Crippen LogP contribution in [0.2, 0.25) is 0 Å². The number of fused-ring (bicyclic) bond motifs is 2. The van der Waals surface area contributed by atoms with Crippen LogP contribution in [0.15, 0.2) is 42.7 Å². The molecule has 0 saturated carbocycles. The quantitative estimate of drug-likeness (QED) is 0.581. The van der Waals surface area contributed by atoms with Gasteiger partial charge in [0.25, 0.3) is 5.91 Å². The SMILES string of the molecule is O=C(c1ccc2nc[nH]c2c1)N1CCCC1c1nc2ccc(F)cc2[nH]1. The highest BCUT2D eigenvalue weighted by atomic mass is 19.1. The molecule has 3 heterocycles. The highest BCUT2D eigenvalue weighted by Gasteiger charge is 2.32. The lowest BCUT2D eigenvalue weighted by Gasteiger charge is -2.23. The van der Waals surface area contributed by atoms with E-state index in [1.54, 1.807) is 18.5 Å². The molecule has 0 bridgehead atoms. The fourth-order valence-corrected chi connectivity index (χ4v) is 3.69. The molecule has 1 fully saturated rings. The number of aromatic nitrogens is 4. The summed E-state index contributed by atoms with van der Waals surface area (Å²) in [7, 11) is 0. The summed E-state index contributed by atoms with van der Waals surface area (Å²) in [4.78, 5) is 29.9. The van der Waals surface area contributed by atoms with E-state index in [-0.39, 0.29) is 17.8 Å². The Kier molecular flexibility index (Phi) is 3.28. The molecular weight excluding hydrogens is 333 g/mol. The lowest BCUT2D eigenvalue weighted by atomic mass is 10.1. The van der Waals surface area contributed by atoms with Gasteiger partial charge in [0.15, 0.2) is 0 Å². The van der Waals surface area contributed by atoms with Gasteiger partial charge in [-0.3, -0.25) is 4.79 Å². The normalized spacial score (nSPS) is 17.4. The summed E-state index contributed by atoms with van der Waals surface area (Å²) in [6, 6.07) is 9.81. The summed E-state index contributed by atoms with van der Waals surface area (Å²) >= 11 is 0. The number of carbonyl (C=O) groups is 1. The van der Waals surface area contributed by atoms with E-state index in [0.29, 0.717) is 29.0 Å². The van der Waals surface area contributed by atoms with Crippen molar-refractivity contribution >= 4 is 28.0 Å². The maximum atomic E-state index is 13.4. The number of aromatic amines is 2.